The van der Waals surface area contributed by atoms with Crippen molar-refractivity contribution in [3.05, 3.63) is 108 Å². The third-order valence-electron chi connectivity index (χ3n) is 5.98. The van der Waals surface area contributed by atoms with Gasteiger partial charge in [0.25, 0.3) is 20.2 Å². The fraction of sp³-hybridized carbons (Fsp3) is 0. The summed E-state index contributed by atoms with van der Waals surface area (Å²) in [5.74, 6) is 0. The molecule has 0 unspecified atom stereocenters. The minimum atomic E-state index is -4.85. The van der Waals surface area contributed by atoms with Crippen molar-refractivity contribution in [3.8, 4) is 0 Å². The number of hydrogen-bond donors (Lipinski definition) is 4. The van der Waals surface area contributed by atoms with E-state index >= 15 is 0 Å². The van der Waals surface area contributed by atoms with Crippen LogP contribution in [-0.4, -0.2) is 38.0 Å². The van der Waals surface area contributed by atoms with E-state index in [0.29, 0.717) is 11.4 Å². The molecule has 0 aliphatic heterocycles. The Bertz CT molecular complexity index is 1780. The molecule has 4 amide bonds. The predicted molar refractivity (Wildman–Crippen MR) is 160 cm³/mol. The fourth-order valence-corrected chi connectivity index (χ4v) is 5.59. The molecule has 0 saturated heterocycles. The molecule has 0 aliphatic carbocycles. The van der Waals surface area contributed by atoms with E-state index in [2.05, 4.69) is 0 Å². The summed E-state index contributed by atoms with van der Waals surface area (Å²) in [5.41, 5.74) is 11.7. The Hall–Kier alpha value is -3.02. The second-order valence-corrected chi connectivity index (χ2v) is 11.5. The number of anilines is 4. The molecular formula is C28H26N4Na2O8S2. The quantitative estimate of drug-likeness (QED) is 0.105. The molecule has 0 saturated carbocycles. The van der Waals surface area contributed by atoms with Gasteiger partial charge < -0.3 is 14.3 Å². The standard InChI is InChI=1S/C28H24N4O8S2.2Na.2H/c29-27(33)31(21-7-3-1-4-8-21)23-15-13-19(25(17-23)41(35,36)37)11-12-20-14-16-24(18-26(20)42(38,39)40)32(28(30)34)22-9-5-2-6-10-22;;;;/h1-18H,(H2,29,33)(H2,30,34)(H,35,36,37)(H,38,39,40);;;;/q;2*+1;2*-1/b12-11+;;;;. The number of carbonyl (C=O) groups excluding carboxylic acids is 2. The van der Waals surface area contributed by atoms with E-state index in [0.717, 1.165) is 21.9 Å². The number of nitrogens with zero attached hydrogens (tertiary/aromatic N) is 2. The number of amides is 4. The molecule has 0 aliphatic rings. The molecule has 0 bridgehead atoms. The Morgan fingerprint density at radius 2 is 0.886 bits per heavy atom. The molecule has 0 heterocycles. The largest absolute Gasteiger partial charge is 1.00 e. The van der Waals surface area contributed by atoms with Gasteiger partial charge in [0.1, 0.15) is 9.79 Å². The van der Waals surface area contributed by atoms with Crippen LogP contribution in [0.1, 0.15) is 14.0 Å². The van der Waals surface area contributed by atoms with E-state index in [1.807, 2.05) is 0 Å². The average Bonchev–Trinajstić information content (AvgIpc) is 2.92. The van der Waals surface area contributed by atoms with Crippen molar-refractivity contribution in [1.82, 2.24) is 0 Å². The third-order valence-corrected chi connectivity index (χ3v) is 7.80. The summed E-state index contributed by atoms with van der Waals surface area (Å²) < 4.78 is 69.1. The van der Waals surface area contributed by atoms with E-state index in [4.69, 9.17) is 11.5 Å². The molecular weight excluding hydrogens is 630 g/mol. The second kappa shape index (κ2) is 15.3. The van der Waals surface area contributed by atoms with E-state index in [9.17, 15) is 35.5 Å². The zero-order valence-corrected chi connectivity index (χ0v) is 29.2. The van der Waals surface area contributed by atoms with Crippen molar-refractivity contribution in [2.75, 3.05) is 9.80 Å². The van der Waals surface area contributed by atoms with Crippen LogP contribution in [0.4, 0.5) is 32.3 Å². The zero-order chi connectivity index (χ0) is 30.7. The normalized spacial score (nSPS) is 11.2. The monoisotopic (exact) mass is 656 g/mol. The number of nitrogens with two attached hydrogens (primary N) is 2. The second-order valence-electron chi connectivity index (χ2n) is 8.75. The summed E-state index contributed by atoms with van der Waals surface area (Å²) in [6.45, 7) is 0. The van der Waals surface area contributed by atoms with Crippen LogP contribution >= 0.6 is 0 Å². The van der Waals surface area contributed by atoms with Crippen LogP contribution in [0.15, 0.2) is 107 Å². The zero-order valence-electron chi connectivity index (χ0n) is 25.6. The first-order valence-corrected chi connectivity index (χ1v) is 14.9. The van der Waals surface area contributed by atoms with Crippen LogP contribution in [0.3, 0.4) is 0 Å². The molecule has 16 heteroatoms. The summed E-state index contributed by atoms with van der Waals surface area (Å²) in [6.07, 6.45) is 2.38. The predicted octanol–water partition coefficient (Wildman–Crippen LogP) is -0.983. The van der Waals surface area contributed by atoms with E-state index in [-0.39, 0.29) is 84.5 Å². The van der Waals surface area contributed by atoms with Crippen molar-refractivity contribution in [3.63, 3.8) is 0 Å². The van der Waals surface area contributed by atoms with Crippen molar-refractivity contribution in [2.24, 2.45) is 11.5 Å². The van der Waals surface area contributed by atoms with Gasteiger partial charge in [0.15, 0.2) is 0 Å². The van der Waals surface area contributed by atoms with Gasteiger partial charge in [-0.3, -0.25) is 18.9 Å². The summed E-state index contributed by atoms with van der Waals surface area (Å²) in [5, 5.41) is 0. The van der Waals surface area contributed by atoms with Crippen LogP contribution in [0.25, 0.3) is 12.2 Å². The van der Waals surface area contributed by atoms with Gasteiger partial charge in [-0.05, 0) is 59.7 Å². The summed E-state index contributed by atoms with van der Waals surface area (Å²) in [7, 11) is -9.71. The molecule has 0 radical (unpaired) electrons. The molecule has 12 nitrogen and oxygen atoms in total. The van der Waals surface area contributed by atoms with Gasteiger partial charge in [-0.1, -0.05) is 60.7 Å². The molecule has 0 spiro atoms. The van der Waals surface area contributed by atoms with Crippen molar-refractivity contribution in [1.29, 1.82) is 0 Å². The van der Waals surface area contributed by atoms with Crippen LogP contribution in [-0.2, 0) is 20.2 Å². The third kappa shape index (κ3) is 8.79. The van der Waals surface area contributed by atoms with Crippen LogP contribution in [0.2, 0.25) is 0 Å². The molecule has 0 fully saturated rings. The molecule has 220 valence electrons. The van der Waals surface area contributed by atoms with Crippen molar-refractivity contribution < 1.29 is 97.5 Å². The summed E-state index contributed by atoms with van der Waals surface area (Å²) in [6, 6.07) is 21.8. The first-order valence-electron chi connectivity index (χ1n) is 12.0. The van der Waals surface area contributed by atoms with Gasteiger partial charge in [-0.25, -0.2) is 9.59 Å². The maximum Gasteiger partial charge on any atom is 1.00 e. The van der Waals surface area contributed by atoms with Gasteiger partial charge in [0.2, 0.25) is 0 Å². The number of benzene rings is 4. The number of carbonyl (C=O) groups is 2. The van der Waals surface area contributed by atoms with Gasteiger partial charge in [0.05, 0.1) is 22.7 Å². The SMILES string of the molecule is NC(=O)N(c1ccccc1)c1ccc(/C=C/c2ccc(N(C(N)=O)c3ccccc3)cc2S(=O)(=O)O)c(S(=O)(=O)O)c1.[H-].[H-].[Na+].[Na+]. The molecule has 4 aromatic carbocycles. The fourth-order valence-electron chi connectivity index (χ4n) is 4.19. The molecule has 44 heavy (non-hydrogen) atoms. The summed E-state index contributed by atoms with van der Waals surface area (Å²) >= 11 is 0. The molecule has 4 rings (SSSR count). The Morgan fingerprint density at radius 3 is 1.16 bits per heavy atom. The maximum absolute atomic E-state index is 12.3. The van der Waals surface area contributed by atoms with E-state index in [1.165, 1.54) is 36.4 Å². The molecule has 6 N–H and O–H groups in total. The van der Waals surface area contributed by atoms with E-state index < -0.39 is 42.1 Å². The van der Waals surface area contributed by atoms with Crippen LogP contribution < -0.4 is 80.4 Å². The number of urea groups is 2. The minimum Gasteiger partial charge on any atom is -1.00 e. The van der Waals surface area contributed by atoms with Gasteiger partial charge in [-0.2, -0.15) is 16.8 Å². The molecule has 0 aromatic heterocycles. The Kier molecular flexibility index (Phi) is 12.9. The summed E-state index contributed by atoms with van der Waals surface area (Å²) in [4.78, 5) is 25.3. The Morgan fingerprint density at radius 1 is 0.568 bits per heavy atom. The number of para-hydroxylation sites is 2. The molecule has 4 aromatic rings. The van der Waals surface area contributed by atoms with E-state index in [1.54, 1.807) is 60.7 Å². The average molecular weight is 657 g/mol. The number of hydrogen-bond acceptors (Lipinski definition) is 6. The van der Waals surface area contributed by atoms with Crippen LogP contribution in [0, 0.1) is 0 Å². The topological polar surface area (TPSA) is 201 Å². The maximum atomic E-state index is 12.3. The van der Waals surface area contributed by atoms with Gasteiger partial charge in [0, 0.05) is 0 Å². The molecule has 0 atom stereocenters. The Labute approximate surface area is 301 Å². The van der Waals surface area contributed by atoms with Gasteiger partial charge >= 0.3 is 71.2 Å². The van der Waals surface area contributed by atoms with Crippen LogP contribution in [0.5, 0.6) is 0 Å². The van der Waals surface area contributed by atoms with Gasteiger partial charge in [-0.15, -0.1) is 0 Å². The number of primary amides is 2. The van der Waals surface area contributed by atoms with Crippen molar-refractivity contribution in [2.45, 2.75) is 9.79 Å². The number of rotatable bonds is 8. The minimum absolute atomic E-state index is 0. The Balaban J connectivity index is 0.00000506. The smallest absolute Gasteiger partial charge is 1.00 e. The first-order chi connectivity index (χ1) is 19.8. The first kappa shape index (κ1) is 37.2. The van der Waals surface area contributed by atoms with Crippen molar-refractivity contribution >= 4 is 67.2 Å².